The van der Waals surface area contributed by atoms with Gasteiger partial charge in [0.1, 0.15) is 18.1 Å². The van der Waals surface area contributed by atoms with Gasteiger partial charge in [0.15, 0.2) is 0 Å². The van der Waals surface area contributed by atoms with Crippen LogP contribution in [0.3, 0.4) is 0 Å². The Labute approximate surface area is 221 Å². The van der Waals surface area contributed by atoms with Crippen LogP contribution in [0.5, 0.6) is 0 Å². The van der Waals surface area contributed by atoms with Gasteiger partial charge in [-0.05, 0) is 56.7 Å². The van der Waals surface area contributed by atoms with Crippen LogP contribution in [0, 0.1) is 5.92 Å². The third kappa shape index (κ3) is 6.73. The number of rotatable bonds is 8. The molecule has 1 aromatic carbocycles. The second kappa shape index (κ2) is 12.1. The number of likely N-dealkylation sites (tertiary alicyclic amines) is 1. The van der Waals surface area contributed by atoms with Gasteiger partial charge in [0.25, 0.3) is 5.91 Å². The molecule has 1 aromatic rings. The fraction of sp³-hybridized carbons (Fsp3) is 0.615. The molecule has 4 rings (SSSR count). The first-order chi connectivity index (χ1) is 17.7. The number of cyclic esters (lactones) is 1. The van der Waals surface area contributed by atoms with Crippen molar-refractivity contribution >= 4 is 41.0 Å². The number of hydrogen-bond acceptors (Lipinski definition) is 7. The lowest BCUT2D eigenvalue weighted by atomic mass is 9.90. The summed E-state index contributed by atoms with van der Waals surface area (Å²) >= 11 is 6.00. The molecule has 2 saturated heterocycles. The van der Waals surface area contributed by atoms with Crippen molar-refractivity contribution in [3.63, 3.8) is 0 Å². The Morgan fingerprint density at radius 2 is 1.95 bits per heavy atom. The third-order valence-corrected chi connectivity index (χ3v) is 7.66. The van der Waals surface area contributed by atoms with Crippen LogP contribution in [-0.2, 0) is 23.9 Å². The van der Waals surface area contributed by atoms with Gasteiger partial charge in [-0.15, -0.1) is 0 Å². The average molecular weight is 535 g/mol. The minimum atomic E-state index is -0.861. The Morgan fingerprint density at radius 3 is 2.68 bits per heavy atom. The number of amides is 3. The highest BCUT2D eigenvalue weighted by molar-refractivity contribution is 6.33. The minimum absolute atomic E-state index is 0.0261. The van der Waals surface area contributed by atoms with Crippen LogP contribution in [0.1, 0.15) is 68.6 Å². The van der Waals surface area contributed by atoms with Crippen LogP contribution in [-0.4, -0.2) is 66.2 Å². The number of ether oxygens (including phenoxy) is 2. The molecule has 3 aliphatic rings. The summed E-state index contributed by atoms with van der Waals surface area (Å²) in [4.78, 5) is 52.4. The van der Waals surface area contributed by atoms with Crippen LogP contribution < -0.4 is 16.4 Å². The number of nitrogens with two attached hydrogens (primary N) is 1. The van der Waals surface area contributed by atoms with E-state index in [2.05, 4.69) is 10.6 Å². The number of nitrogens with zero attached hydrogens (tertiary/aromatic N) is 1. The smallest absolute Gasteiger partial charge is 0.310 e. The van der Waals surface area contributed by atoms with Gasteiger partial charge in [0, 0.05) is 12.1 Å². The highest BCUT2D eigenvalue weighted by atomic mass is 35.5. The molecular weight excluding hydrogens is 500 g/mol. The average Bonchev–Trinajstić information content (AvgIpc) is 3.51. The normalized spacial score (nSPS) is 25.0. The quantitative estimate of drug-likeness (QED) is 0.343. The second-order valence-electron chi connectivity index (χ2n) is 10.1. The fourth-order valence-corrected chi connectivity index (χ4v) is 5.41. The number of esters is 1. The Kier molecular flexibility index (Phi) is 8.91. The van der Waals surface area contributed by atoms with Crippen LogP contribution >= 0.6 is 11.6 Å². The molecule has 10 nitrogen and oxygen atoms in total. The van der Waals surface area contributed by atoms with Crippen molar-refractivity contribution in [1.29, 1.82) is 0 Å². The Morgan fingerprint density at radius 1 is 1.19 bits per heavy atom. The van der Waals surface area contributed by atoms with Crippen LogP contribution in [0.4, 0.5) is 5.69 Å². The first-order valence-corrected chi connectivity index (χ1v) is 13.4. The molecule has 3 fully saturated rings. The van der Waals surface area contributed by atoms with E-state index in [-0.39, 0.29) is 28.8 Å². The molecule has 0 aromatic heterocycles. The summed E-state index contributed by atoms with van der Waals surface area (Å²) in [6.45, 7) is 2.46. The fourth-order valence-electron chi connectivity index (χ4n) is 5.23. The third-order valence-electron chi connectivity index (χ3n) is 7.33. The van der Waals surface area contributed by atoms with Crippen molar-refractivity contribution in [1.82, 2.24) is 15.5 Å². The summed E-state index contributed by atoms with van der Waals surface area (Å²) < 4.78 is 11.2. The largest absolute Gasteiger partial charge is 0.433 e. The molecule has 37 heavy (non-hydrogen) atoms. The topological polar surface area (TPSA) is 140 Å². The van der Waals surface area contributed by atoms with Crippen molar-refractivity contribution in [3.05, 3.63) is 28.8 Å². The van der Waals surface area contributed by atoms with E-state index in [0.717, 1.165) is 12.8 Å². The van der Waals surface area contributed by atoms with Gasteiger partial charge in [-0.2, -0.15) is 0 Å². The zero-order valence-electron chi connectivity index (χ0n) is 21.0. The number of halogens is 1. The van der Waals surface area contributed by atoms with Crippen LogP contribution in [0.15, 0.2) is 18.2 Å². The van der Waals surface area contributed by atoms with Crippen LogP contribution in [0.2, 0.25) is 5.02 Å². The van der Waals surface area contributed by atoms with Crippen molar-refractivity contribution in [2.45, 2.75) is 82.7 Å². The van der Waals surface area contributed by atoms with Gasteiger partial charge < -0.3 is 30.7 Å². The van der Waals surface area contributed by atoms with Gasteiger partial charge in [0.05, 0.1) is 23.7 Å². The lowest BCUT2D eigenvalue weighted by molar-refractivity contribution is -0.168. The molecule has 1 aliphatic carbocycles. The Balaban J connectivity index is 1.32. The van der Waals surface area contributed by atoms with E-state index in [4.69, 9.17) is 26.8 Å². The summed E-state index contributed by atoms with van der Waals surface area (Å²) in [5.74, 6) is -1.17. The highest BCUT2D eigenvalue weighted by Gasteiger charge is 2.41. The van der Waals surface area contributed by atoms with Crippen molar-refractivity contribution in [2.24, 2.45) is 5.92 Å². The maximum absolute atomic E-state index is 13.2. The molecule has 11 heteroatoms. The summed E-state index contributed by atoms with van der Waals surface area (Å²) in [5, 5.41) is 5.79. The Hall–Kier alpha value is -2.85. The molecule has 1 saturated carbocycles. The van der Waals surface area contributed by atoms with E-state index in [9.17, 15) is 19.2 Å². The van der Waals surface area contributed by atoms with E-state index < -0.39 is 36.3 Å². The molecule has 2 aliphatic heterocycles. The second-order valence-corrected chi connectivity index (χ2v) is 10.5. The van der Waals surface area contributed by atoms with Crippen LogP contribution in [0.25, 0.3) is 0 Å². The molecule has 202 valence electrons. The van der Waals surface area contributed by atoms with Gasteiger partial charge in [0.2, 0.25) is 18.1 Å². The molecule has 2 heterocycles. The maximum Gasteiger partial charge on any atom is 0.310 e. The molecule has 0 spiro atoms. The van der Waals surface area contributed by atoms with Crippen molar-refractivity contribution < 1.29 is 28.7 Å². The number of anilines is 1. The molecule has 0 bridgehead atoms. The van der Waals surface area contributed by atoms with Gasteiger partial charge in [-0.1, -0.05) is 30.9 Å². The van der Waals surface area contributed by atoms with E-state index in [1.807, 2.05) is 0 Å². The number of nitrogen functional groups attached to an aromatic ring is 1. The molecule has 0 unspecified atom stereocenters. The summed E-state index contributed by atoms with van der Waals surface area (Å²) in [6, 6.07) is 2.32. The van der Waals surface area contributed by atoms with E-state index >= 15 is 0 Å². The van der Waals surface area contributed by atoms with Gasteiger partial charge in [-0.3, -0.25) is 19.2 Å². The minimum Gasteiger partial charge on any atom is -0.433 e. The monoisotopic (exact) mass is 534 g/mol. The number of hydrogen-bond donors (Lipinski definition) is 3. The molecule has 0 radical (unpaired) electrons. The first kappa shape index (κ1) is 27.2. The predicted octanol–water partition coefficient (Wildman–Crippen LogP) is 2.39. The standard InChI is InChI=1S/C26H35ClN4O6/c1-15(29-23(33)17-9-10-19(28)18(27)12-17)25(35)31-11-5-8-21(31)24(34)30-20-13-22(32)37-26(20)36-14-16-6-3-2-4-7-16/h9-10,12,15-16,20-21,26H,2-8,11,13-14,28H2,1H3,(H,29,33)(H,30,34)/t15-,20-,21-,26+/m0/s1. The number of nitrogens with one attached hydrogen (secondary N) is 2. The molecule has 3 amide bonds. The molecular formula is C26H35ClN4O6. The molecule has 4 N–H and O–H groups in total. The van der Waals surface area contributed by atoms with E-state index in [1.54, 1.807) is 6.92 Å². The number of carbonyl (C=O) groups excluding carboxylic acids is 4. The van der Waals surface area contributed by atoms with Gasteiger partial charge >= 0.3 is 5.97 Å². The van der Waals surface area contributed by atoms with Crippen molar-refractivity contribution in [2.75, 3.05) is 18.9 Å². The zero-order valence-corrected chi connectivity index (χ0v) is 21.8. The number of carbonyl (C=O) groups is 4. The number of benzene rings is 1. The predicted molar refractivity (Wildman–Crippen MR) is 136 cm³/mol. The first-order valence-electron chi connectivity index (χ1n) is 13.0. The van der Waals surface area contributed by atoms with Crippen molar-refractivity contribution in [3.8, 4) is 0 Å². The van der Waals surface area contributed by atoms with Gasteiger partial charge in [-0.25, -0.2) is 0 Å². The maximum atomic E-state index is 13.2. The SMILES string of the molecule is C[C@H](NC(=O)c1ccc(N)c(Cl)c1)C(=O)N1CCC[C@H]1C(=O)N[C@H]1CC(=O)O[C@H]1OCC1CCCCC1. The van der Waals surface area contributed by atoms with E-state index in [0.29, 0.717) is 37.6 Å². The molecule has 4 atom stereocenters. The van der Waals surface area contributed by atoms with E-state index in [1.165, 1.54) is 42.4 Å². The summed E-state index contributed by atoms with van der Waals surface area (Å²) in [6.07, 6.45) is 6.12. The Bertz CT molecular complexity index is 1030. The zero-order chi connectivity index (χ0) is 26.5. The lowest BCUT2D eigenvalue weighted by Crippen LogP contribution is -2.54. The highest BCUT2D eigenvalue weighted by Crippen LogP contribution is 2.26. The lowest BCUT2D eigenvalue weighted by Gasteiger charge is -2.29. The summed E-state index contributed by atoms with van der Waals surface area (Å²) in [5.41, 5.74) is 6.32. The summed E-state index contributed by atoms with van der Waals surface area (Å²) in [7, 11) is 0.